The predicted molar refractivity (Wildman–Crippen MR) is 69.6 cm³/mol. The minimum Gasteiger partial charge on any atom is -0.481 e. The van der Waals surface area contributed by atoms with Crippen LogP contribution in [0.5, 0.6) is 0 Å². The third kappa shape index (κ3) is 2.14. The summed E-state index contributed by atoms with van der Waals surface area (Å²) in [4.78, 5) is 23.1. The number of benzene rings is 1. The molecule has 0 radical (unpaired) electrons. The van der Waals surface area contributed by atoms with Crippen molar-refractivity contribution in [2.24, 2.45) is 5.41 Å². The highest BCUT2D eigenvalue weighted by Crippen LogP contribution is 2.20. The topological polar surface area (TPSA) is 59.3 Å². The van der Waals surface area contributed by atoms with E-state index in [1.165, 1.54) is 10.6 Å². The van der Waals surface area contributed by atoms with Crippen LogP contribution in [-0.2, 0) is 11.3 Å². The van der Waals surface area contributed by atoms with E-state index in [9.17, 15) is 9.59 Å². The van der Waals surface area contributed by atoms with Gasteiger partial charge in [0.05, 0.1) is 10.9 Å². The molecular formula is C14H15NO3. The van der Waals surface area contributed by atoms with Gasteiger partial charge in [-0.15, -0.1) is 0 Å². The smallest absolute Gasteiger partial charge is 0.310 e. The molecule has 0 saturated heterocycles. The molecule has 4 nitrogen and oxygen atoms in total. The first kappa shape index (κ1) is 12.4. The van der Waals surface area contributed by atoms with E-state index < -0.39 is 11.4 Å². The standard InChI is InChI=1S/C14H15NO3/c1-14(2,13(17)18)9-15-11-6-4-3-5-10(11)7-8-12(15)16/h3-8H,9H2,1-2H3,(H,17,18). The average Bonchev–Trinajstić information content (AvgIpc) is 2.32. The van der Waals surface area contributed by atoms with Crippen molar-refractivity contribution in [3.8, 4) is 0 Å². The van der Waals surface area contributed by atoms with Gasteiger partial charge in [-0.05, 0) is 31.4 Å². The molecule has 0 unspecified atom stereocenters. The minimum atomic E-state index is -0.978. The van der Waals surface area contributed by atoms with Gasteiger partial charge in [-0.25, -0.2) is 0 Å². The molecule has 0 aliphatic carbocycles. The molecule has 0 spiro atoms. The summed E-state index contributed by atoms with van der Waals surface area (Å²) in [6.45, 7) is 3.38. The Bertz CT molecular complexity index is 655. The highest BCUT2D eigenvalue weighted by atomic mass is 16.4. The molecule has 0 atom stereocenters. The van der Waals surface area contributed by atoms with Crippen LogP contribution in [0.3, 0.4) is 0 Å². The number of aliphatic carboxylic acids is 1. The molecule has 18 heavy (non-hydrogen) atoms. The first-order valence-electron chi connectivity index (χ1n) is 5.74. The number of hydrogen-bond donors (Lipinski definition) is 1. The summed E-state index contributed by atoms with van der Waals surface area (Å²) in [7, 11) is 0. The minimum absolute atomic E-state index is 0.155. The van der Waals surface area contributed by atoms with Gasteiger partial charge in [0.1, 0.15) is 0 Å². The van der Waals surface area contributed by atoms with Crippen molar-refractivity contribution in [2.45, 2.75) is 20.4 Å². The second-order valence-electron chi connectivity index (χ2n) is 5.01. The lowest BCUT2D eigenvalue weighted by Gasteiger charge is -2.21. The average molecular weight is 245 g/mol. The Morgan fingerprint density at radius 1 is 1.22 bits per heavy atom. The highest BCUT2D eigenvalue weighted by molar-refractivity contribution is 5.79. The number of para-hydroxylation sites is 1. The number of fused-ring (bicyclic) bond motifs is 1. The summed E-state index contributed by atoms with van der Waals surface area (Å²) in [6, 6.07) is 10.7. The van der Waals surface area contributed by atoms with E-state index in [1.54, 1.807) is 19.9 Å². The molecule has 1 N–H and O–H groups in total. The van der Waals surface area contributed by atoms with Crippen molar-refractivity contribution in [1.82, 2.24) is 4.57 Å². The summed E-state index contributed by atoms with van der Waals surface area (Å²) < 4.78 is 1.52. The summed E-state index contributed by atoms with van der Waals surface area (Å²) >= 11 is 0. The van der Waals surface area contributed by atoms with Crippen molar-refractivity contribution in [3.05, 3.63) is 46.8 Å². The number of rotatable bonds is 3. The molecule has 0 aliphatic heterocycles. The molecule has 2 rings (SSSR count). The number of carboxylic acid groups (broad SMARTS) is 1. The Morgan fingerprint density at radius 3 is 2.56 bits per heavy atom. The summed E-state index contributed by atoms with van der Waals surface area (Å²) in [6.07, 6.45) is 0. The maximum atomic E-state index is 11.9. The Hall–Kier alpha value is -2.10. The lowest BCUT2D eigenvalue weighted by atomic mass is 9.93. The molecule has 0 bridgehead atoms. The fourth-order valence-electron chi connectivity index (χ4n) is 1.87. The number of carbonyl (C=O) groups is 1. The first-order chi connectivity index (χ1) is 8.42. The number of pyridine rings is 1. The fraction of sp³-hybridized carbons (Fsp3) is 0.286. The van der Waals surface area contributed by atoms with Crippen molar-refractivity contribution in [2.75, 3.05) is 0 Å². The second kappa shape index (κ2) is 4.29. The van der Waals surface area contributed by atoms with Crippen molar-refractivity contribution in [3.63, 3.8) is 0 Å². The molecule has 0 amide bonds. The second-order valence-corrected chi connectivity index (χ2v) is 5.01. The lowest BCUT2D eigenvalue weighted by molar-refractivity contribution is -0.147. The molecule has 0 aliphatic rings. The Labute approximate surface area is 104 Å². The van der Waals surface area contributed by atoms with E-state index in [4.69, 9.17) is 5.11 Å². The van der Waals surface area contributed by atoms with Crippen molar-refractivity contribution in [1.29, 1.82) is 0 Å². The third-order valence-corrected chi connectivity index (χ3v) is 3.03. The van der Waals surface area contributed by atoms with Gasteiger partial charge >= 0.3 is 5.97 Å². The van der Waals surface area contributed by atoms with E-state index in [2.05, 4.69) is 0 Å². The lowest BCUT2D eigenvalue weighted by Crippen LogP contribution is -2.33. The molecule has 2 aromatic rings. The van der Waals surface area contributed by atoms with E-state index in [-0.39, 0.29) is 12.1 Å². The van der Waals surface area contributed by atoms with Gasteiger partial charge in [0.2, 0.25) is 0 Å². The number of carboxylic acids is 1. The van der Waals surface area contributed by atoms with Crippen LogP contribution < -0.4 is 5.56 Å². The zero-order valence-corrected chi connectivity index (χ0v) is 10.4. The van der Waals surface area contributed by atoms with E-state index >= 15 is 0 Å². The van der Waals surface area contributed by atoms with Crippen LogP contribution in [0.1, 0.15) is 13.8 Å². The van der Waals surface area contributed by atoms with Crippen LogP contribution in [0.2, 0.25) is 0 Å². The zero-order chi connectivity index (χ0) is 13.3. The van der Waals surface area contributed by atoms with Gasteiger partial charge in [-0.1, -0.05) is 18.2 Å². The normalized spacial score (nSPS) is 11.7. The van der Waals surface area contributed by atoms with Crippen molar-refractivity contribution >= 4 is 16.9 Å². The monoisotopic (exact) mass is 245 g/mol. The van der Waals surface area contributed by atoms with Gasteiger partial charge in [0.15, 0.2) is 0 Å². The SMILES string of the molecule is CC(C)(Cn1c(=O)ccc2ccccc21)C(=O)O. The van der Waals surface area contributed by atoms with Crippen LogP contribution in [0.25, 0.3) is 10.9 Å². The van der Waals surface area contributed by atoms with Gasteiger partial charge < -0.3 is 9.67 Å². The van der Waals surface area contributed by atoms with E-state index in [0.717, 1.165) is 10.9 Å². The van der Waals surface area contributed by atoms with Gasteiger partial charge in [-0.3, -0.25) is 9.59 Å². The van der Waals surface area contributed by atoms with Crippen LogP contribution in [-0.4, -0.2) is 15.6 Å². The number of nitrogens with zero attached hydrogens (tertiary/aromatic N) is 1. The van der Waals surface area contributed by atoms with Gasteiger partial charge in [0, 0.05) is 12.6 Å². The zero-order valence-electron chi connectivity index (χ0n) is 10.4. The third-order valence-electron chi connectivity index (χ3n) is 3.03. The van der Waals surface area contributed by atoms with E-state index in [1.807, 2.05) is 24.3 Å². The number of hydrogen-bond acceptors (Lipinski definition) is 2. The van der Waals surface area contributed by atoms with Gasteiger partial charge in [-0.2, -0.15) is 0 Å². The van der Waals surface area contributed by atoms with Crippen molar-refractivity contribution < 1.29 is 9.90 Å². The molecular weight excluding hydrogens is 230 g/mol. The summed E-state index contributed by atoms with van der Waals surface area (Å²) in [5, 5.41) is 10.1. The van der Waals surface area contributed by atoms with Crippen LogP contribution in [0, 0.1) is 5.41 Å². The molecule has 1 aromatic carbocycles. The molecule has 4 heteroatoms. The molecule has 1 aromatic heterocycles. The highest BCUT2D eigenvalue weighted by Gasteiger charge is 2.28. The van der Waals surface area contributed by atoms with E-state index in [0.29, 0.717) is 0 Å². The first-order valence-corrected chi connectivity index (χ1v) is 5.74. The Balaban J connectivity index is 2.60. The maximum absolute atomic E-state index is 11.9. The Kier molecular flexibility index (Phi) is 2.95. The molecule has 1 heterocycles. The largest absolute Gasteiger partial charge is 0.481 e. The summed E-state index contributed by atoms with van der Waals surface area (Å²) in [5.41, 5.74) is -0.393. The quantitative estimate of drug-likeness (QED) is 0.901. The van der Waals surface area contributed by atoms with Crippen LogP contribution in [0.15, 0.2) is 41.2 Å². The molecule has 94 valence electrons. The van der Waals surface area contributed by atoms with Crippen LogP contribution in [0.4, 0.5) is 0 Å². The Morgan fingerprint density at radius 2 is 1.89 bits per heavy atom. The number of aromatic nitrogens is 1. The fourth-order valence-corrected chi connectivity index (χ4v) is 1.87. The molecule has 0 saturated carbocycles. The molecule has 0 fully saturated rings. The predicted octanol–water partition coefficient (Wildman–Crippen LogP) is 2.11. The summed E-state index contributed by atoms with van der Waals surface area (Å²) in [5.74, 6) is -0.915. The maximum Gasteiger partial charge on any atom is 0.310 e. The van der Waals surface area contributed by atoms with Gasteiger partial charge in [0.25, 0.3) is 5.56 Å². The van der Waals surface area contributed by atoms with Crippen LogP contribution >= 0.6 is 0 Å².